The van der Waals surface area contributed by atoms with E-state index in [2.05, 4.69) is 9.37 Å². The van der Waals surface area contributed by atoms with Gasteiger partial charge in [0.05, 0.1) is 18.6 Å². The lowest BCUT2D eigenvalue weighted by molar-refractivity contribution is -0.432. The summed E-state index contributed by atoms with van der Waals surface area (Å²) < 4.78 is 29.0. The van der Waals surface area contributed by atoms with E-state index in [0.29, 0.717) is 19.4 Å². The fourth-order valence-corrected chi connectivity index (χ4v) is 6.12. The molecule has 0 amide bonds. The SMILES string of the molecule is CCCCC(F)(SOOO)C(=O)OCC(=O)OCC12CC3CC(CC(C3)C1)C2. The molecule has 0 spiro atoms. The number of esters is 2. The maximum Gasteiger partial charge on any atom is 0.357 e. The van der Waals surface area contributed by atoms with Crippen LogP contribution in [0.3, 0.4) is 0 Å². The van der Waals surface area contributed by atoms with Crippen LogP contribution in [0.25, 0.3) is 0 Å². The normalized spacial score (nSPS) is 32.8. The second kappa shape index (κ2) is 9.28. The van der Waals surface area contributed by atoms with Gasteiger partial charge in [-0.05, 0) is 62.7 Å². The molecule has 0 aromatic heterocycles. The minimum absolute atomic E-state index is 0.00998. The first kappa shape index (κ1) is 21.8. The molecular weight excluding hydrogens is 391 g/mol. The van der Waals surface area contributed by atoms with Gasteiger partial charge in [0.25, 0.3) is 5.00 Å². The van der Waals surface area contributed by atoms with Gasteiger partial charge in [-0.25, -0.2) is 19.2 Å². The molecule has 0 aromatic rings. The van der Waals surface area contributed by atoms with Gasteiger partial charge in [0.1, 0.15) is 0 Å². The van der Waals surface area contributed by atoms with Crippen molar-refractivity contribution < 1.29 is 38.1 Å². The van der Waals surface area contributed by atoms with Crippen LogP contribution in [-0.2, 0) is 28.4 Å². The standard InChI is InChI=1S/C19H29FO7S/c1-2-3-4-19(20,28-27-26-23)17(22)24-11-16(21)25-12-18-8-13-5-14(9-18)7-15(6-13)10-18/h13-15,23H,2-12H2,1H3. The maximum atomic E-state index is 14.7. The third-order valence-electron chi connectivity index (χ3n) is 6.38. The zero-order valence-electron chi connectivity index (χ0n) is 16.2. The van der Waals surface area contributed by atoms with Crippen LogP contribution in [0.15, 0.2) is 0 Å². The van der Waals surface area contributed by atoms with Crippen molar-refractivity contribution in [2.75, 3.05) is 13.2 Å². The number of carbonyl (C=O) groups excluding carboxylic acids is 2. The van der Waals surface area contributed by atoms with E-state index in [1.807, 2.05) is 6.92 Å². The van der Waals surface area contributed by atoms with Gasteiger partial charge in [-0.2, -0.15) is 0 Å². The molecule has 0 radical (unpaired) electrons. The summed E-state index contributed by atoms with van der Waals surface area (Å²) in [5.41, 5.74) is 0.0710. The largest absolute Gasteiger partial charge is 0.463 e. The van der Waals surface area contributed by atoms with E-state index in [9.17, 15) is 14.0 Å². The summed E-state index contributed by atoms with van der Waals surface area (Å²) >= 11 is 0.00998. The quantitative estimate of drug-likeness (QED) is 0.230. The van der Waals surface area contributed by atoms with Gasteiger partial charge in [-0.3, -0.25) is 0 Å². The predicted octanol–water partition coefficient (Wildman–Crippen LogP) is 4.21. The van der Waals surface area contributed by atoms with Crippen molar-refractivity contribution in [1.29, 1.82) is 0 Å². The molecule has 0 saturated heterocycles. The Kier molecular flexibility index (Phi) is 7.22. The molecule has 1 atom stereocenters. The number of hydrogen-bond donors (Lipinski definition) is 1. The first-order valence-electron chi connectivity index (χ1n) is 10.1. The molecule has 0 heterocycles. The zero-order chi connectivity index (χ0) is 20.2. The van der Waals surface area contributed by atoms with Crippen LogP contribution in [0.1, 0.15) is 64.7 Å². The first-order valence-corrected chi connectivity index (χ1v) is 10.8. The van der Waals surface area contributed by atoms with E-state index in [-0.39, 0.29) is 23.9 Å². The smallest absolute Gasteiger partial charge is 0.357 e. The summed E-state index contributed by atoms with van der Waals surface area (Å²) in [5, 5.41) is 9.01. The summed E-state index contributed by atoms with van der Waals surface area (Å²) in [6.45, 7) is 1.53. The number of rotatable bonds is 11. The van der Waals surface area contributed by atoms with Gasteiger partial charge in [0, 0.05) is 11.8 Å². The van der Waals surface area contributed by atoms with Crippen molar-refractivity contribution >= 4 is 24.0 Å². The van der Waals surface area contributed by atoms with Crippen LogP contribution < -0.4 is 0 Å². The number of halogens is 1. The fraction of sp³-hybridized carbons (Fsp3) is 0.895. The van der Waals surface area contributed by atoms with Gasteiger partial charge in [-0.1, -0.05) is 18.4 Å². The van der Waals surface area contributed by atoms with Gasteiger partial charge in [-0.15, -0.1) is 4.33 Å². The lowest BCUT2D eigenvalue weighted by Crippen LogP contribution is -2.48. The molecule has 4 rings (SSSR count). The summed E-state index contributed by atoms with van der Waals surface area (Å²) in [6, 6.07) is 0. The van der Waals surface area contributed by atoms with Gasteiger partial charge < -0.3 is 9.47 Å². The second-order valence-corrected chi connectivity index (χ2v) is 9.66. The van der Waals surface area contributed by atoms with Crippen LogP contribution >= 0.6 is 12.0 Å². The zero-order valence-corrected chi connectivity index (χ0v) is 17.0. The van der Waals surface area contributed by atoms with Crippen LogP contribution in [0.4, 0.5) is 4.39 Å². The molecule has 9 heteroatoms. The van der Waals surface area contributed by atoms with E-state index >= 15 is 0 Å². The van der Waals surface area contributed by atoms with Gasteiger partial charge in [0.15, 0.2) is 6.61 Å². The fourth-order valence-electron chi connectivity index (χ4n) is 5.63. The average Bonchev–Trinajstić information content (AvgIpc) is 2.66. The van der Waals surface area contributed by atoms with Crippen LogP contribution in [0, 0.1) is 23.2 Å². The molecule has 4 fully saturated rings. The summed E-state index contributed by atoms with van der Waals surface area (Å²) in [7, 11) is 0. The third-order valence-corrected chi connectivity index (χ3v) is 7.14. The van der Waals surface area contributed by atoms with Crippen molar-refractivity contribution in [3.63, 3.8) is 0 Å². The highest BCUT2D eigenvalue weighted by atomic mass is 32.2. The monoisotopic (exact) mass is 420 g/mol. The topological polar surface area (TPSA) is 91.3 Å². The molecule has 0 aliphatic heterocycles. The summed E-state index contributed by atoms with van der Waals surface area (Å²) in [6.07, 6.45) is 8.06. The highest BCUT2D eigenvalue weighted by Crippen LogP contribution is 2.60. The molecule has 4 aliphatic carbocycles. The Hall–Kier alpha value is -0.900. The molecule has 1 N–H and O–H groups in total. The second-order valence-electron chi connectivity index (χ2n) is 8.71. The molecule has 1 unspecified atom stereocenters. The number of alkyl halides is 1. The Balaban J connectivity index is 1.45. The molecule has 160 valence electrons. The summed E-state index contributed by atoms with van der Waals surface area (Å²) in [4.78, 5) is 24.1. The Morgan fingerprint density at radius 2 is 1.75 bits per heavy atom. The number of hydrogen-bond acceptors (Lipinski definition) is 8. The van der Waals surface area contributed by atoms with E-state index in [4.69, 9.17) is 14.7 Å². The summed E-state index contributed by atoms with van der Waals surface area (Å²) in [5.74, 6) is 0.318. The Morgan fingerprint density at radius 1 is 1.14 bits per heavy atom. The lowest BCUT2D eigenvalue weighted by atomic mass is 9.50. The molecule has 28 heavy (non-hydrogen) atoms. The van der Waals surface area contributed by atoms with Crippen molar-refractivity contribution in [3.05, 3.63) is 0 Å². The molecule has 4 saturated carbocycles. The van der Waals surface area contributed by atoms with Crippen molar-refractivity contribution in [2.45, 2.75) is 69.7 Å². The highest BCUT2D eigenvalue weighted by Gasteiger charge is 2.51. The first-order chi connectivity index (χ1) is 13.4. The predicted molar refractivity (Wildman–Crippen MR) is 98.3 cm³/mol. The lowest BCUT2D eigenvalue weighted by Gasteiger charge is -2.56. The van der Waals surface area contributed by atoms with E-state index in [0.717, 1.165) is 37.0 Å². The molecule has 4 bridgehead atoms. The Labute approximate surface area is 168 Å². The van der Waals surface area contributed by atoms with Crippen molar-refractivity contribution in [3.8, 4) is 0 Å². The molecule has 0 aromatic carbocycles. The minimum atomic E-state index is -2.57. The Morgan fingerprint density at radius 3 is 2.29 bits per heavy atom. The number of carbonyl (C=O) groups is 2. The molecule has 7 nitrogen and oxygen atoms in total. The molecular formula is C19H29FO7S. The maximum absolute atomic E-state index is 14.7. The van der Waals surface area contributed by atoms with E-state index in [1.54, 1.807) is 0 Å². The van der Waals surface area contributed by atoms with Gasteiger partial charge >= 0.3 is 11.9 Å². The molecule has 4 aliphatic rings. The van der Waals surface area contributed by atoms with Gasteiger partial charge in [0.2, 0.25) is 0 Å². The van der Waals surface area contributed by atoms with Crippen molar-refractivity contribution in [1.82, 2.24) is 0 Å². The number of unbranched alkanes of at least 4 members (excludes halogenated alkanes) is 1. The van der Waals surface area contributed by atoms with E-state index in [1.165, 1.54) is 19.3 Å². The average molecular weight is 420 g/mol. The van der Waals surface area contributed by atoms with Crippen LogP contribution in [-0.4, -0.2) is 35.4 Å². The number of ether oxygens (including phenoxy) is 2. The van der Waals surface area contributed by atoms with Crippen molar-refractivity contribution in [2.24, 2.45) is 23.2 Å². The van der Waals surface area contributed by atoms with Crippen LogP contribution in [0.5, 0.6) is 0 Å². The minimum Gasteiger partial charge on any atom is -0.463 e. The van der Waals surface area contributed by atoms with E-state index < -0.39 is 23.5 Å². The Bertz CT molecular complexity index is 527. The highest BCUT2D eigenvalue weighted by molar-refractivity contribution is 7.96. The van der Waals surface area contributed by atoms with Crippen LogP contribution in [0.2, 0.25) is 0 Å². The third kappa shape index (κ3) is 5.17.